The van der Waals surface area contributed by atoms with Crippen molar-refractivity contribution in [2.75, 3.05) is 6.61 Å². The molecule has 1 heterocycles. The molecule has 0 atom stereocenters. The maximum atomic E-state index is 5.70. The van der Waals surface area contributed by atoms with Crippen LogP contribution in [0.2, 0.25) is 0 Å². The molecule has 0 amide bonds. The monoisotopic (exact) mass is 248 g/mol. The average molecular weight is 248 g/mol. The van der Waals surface area contributed by atoms with Crippen LogP contribution in [0.4, 0.5) is 0 Å². The Kier molecular flexibility index (Phi) is 3.64. The van der Waals surface area contributed by atoms with Gasteiger partial charge in [0.2, 0.25) is 0 Å². The van der Waals surface area contributed by atoms with Gasteiger partial charge in [-0.15, -0.1) is 6.58 Å². The summed E-state index contributed by atoms with van der Waals surface area (Å²) in [5, 5.41) is 0. The van der Waals surface area contributed by atoms with Gasteiger partial charge in [0.15, 0.2) is 4.77 Å². The molecule has 17 heavy (non-hydrogen) atoms. The van der Waals surface area contributed by atoms with Crippen LogP contribution in [0.5, 0.6) is 5.75 Å². The van der Waals surface area contributed by atoms with Crippen molar-refractivity contribution in [3.63, 3.8) is 0 Å². The van der Waals surface area contributed by atoms with Crippen LogP contribution >= 0.6 is 12.2 Å². The molecule has 0 fully saturated rings. The first-order valence-corrected chi connectivity index (χ1v) is 6.14. The maximum absolute atomic E-state index is 5.70. The van der Waals surface area contributed by atoms with Crippen LogP contribution in [0.1, 0.15) is 13.3 Å². The highest BCUT2D eigenvalue weighted by Gasteiger charge is 2.07. The van der Waals surface area contributed by atoms with Crippen LogP contribution in [-0.4, -0.2) is 16.2 Å². The van der Waals surface area contributed by atoms with E-state index >= 15 is 0 Å². The summed E-state index contributed by atoms with van der Waals surface area (Å²) in [5.41, 5.74) is 2.02. The van der Waals surface area contributed by atoms with Crippen LogP contribution in [0.3, 0.4) is 0 Å². The van der Waals surface area contributed by atoms with Gasteiger partial charge in [0.25, 0.3) is 0 Å². The number of aromatic nitrogens is 2. The molecule has 1 aromatic carbocycles. The molecular formula is C13H16N2OS. The van der Waals surface area contributed by atoms with Gasteiger partial charge in [-0.05, 0) is 30.8 Å². The van der Waals surface area contributed by atoms with E-state index in [9.17, 15) is 0 Å². The van der Waals surface area contributed by atoms with Crippen molar-refractivity contribution >= 4 is 23.3 Å². The molecule has 0 radical (unpaired) electrons. The van der Waals surface area contributed by atoms with Crippen molar-refractivity contribution in [1.82, 2.24) is 9.55 Å². The lowest BCUT2D eigenvalue weighted by molar-refractivity contribution is 0.320. The number of hydrogen-bond donors (Lipinski definition) is 1. The second kappa shape index (κ2) is 5.19. The predicted molar refractivity (Wildman–Crippen MR) is 73.1 cm³/mol. The van der Waals surface area contributed by atoms with Gasteiger partial charge in [-0.3, -0.25) is 0 Å². The molecular weight excluding hydrogens is 232 g/mol. The third kappa shape index (κ3) is 2.26. The topological polar surface area (TPSA) is 29.9 Å². The van der Waals surface area contributed by atoms with Gasteiger partial charge in [-0.2, -0.15) is 0 Å². The molecule has 0 aliphatic heterocycles. The fourth-order valence-electron chi connectivity index (χ4n) is 1.80. The summed E-state index contributed by atoms with van der Waals surface area (Å²) in [4.78, 5) is 3.19. The van der Waals surface area contributed by atoms with Crippen LogP contribution in [0, 0.1) is 4.77 Å². The van der Waals surface area contributed by atoms with E-state index in [2.05, 4.69) is 18.5 Å². The van der Waals surface area contributed by atoms with Crippen LogP contribution in [0.25, 0.3) is 11.0 Å². The zero-order chi connectivity index (χ0) is 12.3. The van der Waals surface area contributed by atoms with Gasteiger partial charge in [-0.25, -0.2) is 0 Å². The van der Waals surface area contributed by atoms with Crippen molar-refractivity contribution in [2.24, 2.45) is 0 Å². The van der Waals surface area contributed by atoms with E-state index in [0.717, 1.165) is 23.2 Å². The standard InChI is InChI=1S/C13H16N2OS/c1-3-8-15-10-6-5-7-11(16-9-4-2)12(10)14-13(15)17/h3,5-7H,1,4,8-9H2,2H3,(H,14,17). The van der Waals surface area contributed by atoms with Crippen molar-refractivity contribution in [2.45, 2.75) is 19.9 Å². The Morgan fingerprint density at radius 3 is 3.06 bits per heavy atom. The van der Waals surface area contributed by atoms with E-state index < -0.39 is 0 Å². The number of allylic oxidation sites excluding steroid dienone is 1. The molecule has 2 aromatic rings. The Balaban J connectivity index is 2.54. The SMILES string of the molecule is C=CCn1c(=S)[nH]c2c(OCCC)cccc21. The first-order valence-electron chi connectivity index (χ1n) is 5.73. The quantitative estimate of drug-likeness (QED) is 0.646. The maximum Gasteiger partial charge on any atom is 0.178 e. The highest BCUT2D eigenvalue weighted by atomic mass is 32.1. The van der Waals surface area contributed by atoms with Gasteiger partial charge < -0.3 is 14.3 Å². The van der Waals surface area contributed by atoms with Crippen LogP contribution in [0.15, 0.2) is 30.9 Å². The van der Waals surface area contributed by atoms with Gasteiger partial charge in [0.1, 0.15) is 11.3 Å². The average Bonchev–Trinajstić information content (AvgIpc) is 2.65. The van der Waals surface area contributed by atoms with E-state index in [0.29, 0.717) is 17.9 Å². The summed E-state index contributed by atoms with van der Waals surface area (Å²) in [5.74, 6) is 0.860. The van der Waals surface area contributed by atoms with Crippen molar-refractivity contribution in [3.05, 3.63) is 35.6 Å². The fraction of sp³-hybridized carbons (Fsp3) is 0.308. The molecule has 0 aliphatic carbocycles. The minimum atomic E-state index is 0.701. The highest BCUT2D eigenvalue weighted by molar-refractivity contribution is 7.71. The number of ether oxygens (including phenoxy) is 1. The van der Waals surface area contributed by atoms with E-state index in [1.807, 2.05) is 28.8 Å². The third-order valence-electron chi connectivity index (χ3n) is 2.55. The number of fused-ring (bicyclic) bond motifs is 1. The molecule has 2 rings (SSSR count). The van der Waals surface area contributed by atoms with Crippen LogP contribution < -0.4 is 4.74 Å². The number of benzene rings is 1. The number of nitrogens with zero attached hydrogens (tertiary/aromatic N) is 1. The van der Waals surface area contributed by atoms with E-state index in [-0.39, 0.29) is 0 Å². The van der Waals surface area contributed by atoms with Gasteiger partial charge in [0, 0.05) is 6.54 Å². The number of para-hydroxylation sites is 1. The zero-order valence-corrected chi connectivity index (χ0v) is 10.7. The van der Waals surface area contributed by atoms with E-state index in [4.69, 9.17) is 17.0 Å². The Morgan fingerprint density at radius 1 is 1.53 bits per heavy atom. The summed E-state index contributed by atoms with van der Waals surface area (Å²) in [6, 6.07) is 5.97. The van der Waals surface area contributed by atoms with E-state index in [1.54, 1.807) is 0 Å². The summed E-state index contributed by atoms with van der Waals surface area (Å²) < 4.78 is 8.41. The molecule has 0 spiro atoms. The van der Waals surface area contributed by atoms with Crippen molar-refractivity contribution < 1.29 is 4.74 Å². The third-order valence-corrected chi connectivity index (χ3v) is 2.87. The second-order valence-electron chi connectivity index (χ2n) is 3.83. The molecule has 3 nitrogen and oxygen atoms in total. The largest absolute Gasteiger partial charge is 0.491 e. The molecule has 1 aromatic heterocycles. The first-order chi connectivity index (χ1) is 8.27. The highest BCUT2D eigenvalue weighted by Crippen LogP contribution is 2.25. The molecule has 90 valence electrons. The lowest BCUT2D eigenvalue weighted by Crippen LogP contribution is -1.96. The lowest BCUT2D eigenvalue weighted by Gasteiger charge is -2.05. The molecule has 0 aliphatic rings. The summed E-state index contributed by atoms with van der Waals surface area (Å²) in [6.07, 6.45) is 2.83. The van der Waals surface area contributed by atoms with Gasteiger partial charge in [-0.1, -0.05) is 19.1 Å². The summed E-state index contributed by atoms with van der Waals surface area (Å²) in [6.45, 7) is 7.25. The number of hydrogen-bond acceptors (Lipinski definition) is 2. The molecule has 0 bridgehead atoms. The number of nitrogens with one attached hydrogen (secondary N) is 1. The zero-order valence-electron chi connectivity index (χ0n) is 9.90. The first kappa shape index (κ1) is 11.9. The number of H-pyrrole nitrogens is 1. The minimum Gasteiger partial charge on any atom is -0.491 e. The van der Waals surface area contributed by atoms with Gasteiger partial charge in [0.05, 0.1) is 12.1 Å². The molecule has 4 heteroatoms. The molecule has 0 saturated carbocycles. The fourth-order valence-corrected chi connectivity index (χ4v) is 2.07. The normalized spacial score (nSPS) is 10.6. The van der Waals surface area contributed by atoms with Gasteiger partial charge >= 0.3 is 0 Å². The Morgan fingerprint density at radius 2 is 2.35 bits per heavy atom. The Labute approximate surface area is 106 Å². The molecule has 0 unspecified atom stereocenters. The molecule has 1 N–H and O–H groups in total. The minimum absolute atomic E-state index is 0.701. The summed E-state index contributed by atoms with van der Waals surface area (Å²) in [7, 11) is 0. The smallest absolute Gasteiger partial charge is 0.178 e. The number of imidazole rings is 1. The van der Waals surface area contributed by atoms with Crippen LogP contribution in [-0.2, 0) is 6.54 Å². The molecule has 0 saturated heterocycles. The lowest BCUT2D eigenvalue weighted by atomic mass is 10.3. The number of rotatable bonds is 5. The van der Waals surface area contributed by atoms with E-state index in [1.165, 1.54) is 0 Å². The predicted octanol–water partition coefficient (Wildman–Crippen LogP) is 3.67. The Hall–Kier alpha value is -1.55. The second-order valence-corrected chi connectivity index (χ2v) is 4.21. The number of aromatic amines is 1. The summed E-state index contributed by atoms with van der Waals surface area (Å²) >= 11 is 5.29. The van der Waals surface area contributed by atoms with Crippen molar-refractivity contribution in [3.8, 4) is 5.75 Å². The van der Waals surface area contributed by atoms with Crippen molar-refractivity contribution in [1.29, 1.82) is 0 Å². The Bertz CT molecular complexity index is 583.